The van der Waals surface area contributed by atoms with Crippen molar-refractivity contribution in [1.82, 2.24) is 9.88 Å². The fraction of sp³-hybridized carbons (Fsp3) is 0.282. The molecule has 0 spiro atoms. The number of aromatic nitrogens is 1. The van der Waals surface area contributed by atoms with Crippen LogP contribution in [0, 0.1) is 19.8 Å². The minimum atomic E-state index is -0.932. The lowest BCUT2D eigenvalue weighted by Gasteiger charge is -2.22. The van der Waals surface area contributed by atoms with E-state index in [0.717, 1.165) is 45.3 Å². The molecule has 44 heavy (non-hydrogen) atoms. The lowest BCUT2D eigenvalue weighted by atomic mass is 9.93. The molecule has 0 saturated carbocycles. The summed E-state index contributed by atoms with van der Waals surface area (Å²) in [5.41, 5.74) is 9.47. The second-order valence-corrected chi connectivity index (χ2v) is 12.6. The van der Waals surface area contributed by atoms with Crippen LogP contribution in [0.2, 0.25) is 0 Å². The molecular formula is C39H42N2O3. The minimum Gasteiger partial charge on any atom is -0.478 e. The lowest BCUT2D eigenvalue weighted by Crippen LogP contribution is -2.29. The quantitative estimate of drug-likeness (QED) is 0.171. The Balaban J connectivity index is 1.39. The van der Waals surface area contributed by atoms with Gasteiger partial charge in [-0.25, -0.2) is 4.79 Å². The topological polar surface area (TPSA) is 71.3 Å². The van der Waals surface area contributed by atoms with E-state index in [1.807, 2.05) is 36.4 Å². The van der Waals surface area contributed by atoms with Crippen LogP contribution in [0.5, 0.6) is 0 Å². The molecule has 1 amide bonds. The van der Waals surface area contributed by atoms with Crippen molar-refractivity contribution >= 4 is 22.8 Å². The molecule has 0 fully saturated rings. The molecule has 0 bridgehead atoms. The molecule has 4 aromatic carbocycles. The van der Waals surface area contributed by atoms with Gasteiger partial charge in [-0.3, -0.25) is 4.79 Å². The van der Waals surface area contributed by atoms with Crippen molar-refractivity contribution in [2.24, 2.45) is 5.92 Å². The second kappa shape index (κ2) is 12.9. The maximum Gasteiger partial charge on any atom is 0.336 e. The summed E-state index contributed by atoms with van der Waals surface area (Å²) >= 11 is 0. The number of nitrogens with one attached hydrogen (secondary N) is 1. The van der Waals surface area contributed by atoms with Crippen LogP contribution in [-0.2, 0) is 6.54 Å². The molecule has 1 heterocycles. The largest absolute Gasteiger partial charge is 0.478 e. The SMILES string of the molecule is Cc1c(C)n(Cc2ccc(-c3ccccc3C(=O)O)cc2)c2ccc(C(=O)N[C@@H](CC(C)C)c3cccc(C(C)C)c3)cc12. The normalized spacial score (nSPS) is 12.2. The highest BCUT2D eigenvalue weighted by atomic mass is 16.4. The molecule has 1 aromatic heterocycles. The van der Waals surface area contributed by atoms with Crippen LogP contribution in [-0.4, -0.2) is 21.6 Å². The number of benzene rings is 4. The summed E-state index contributed by atoms with van der Waals surface area (Å²) in [6.07, 6.45) is 0.866. The van der Waals surface area contributed by atoms with Gasteiger partial charge in [-0.2, -0.15) is 0 Å². The fourth-order valence-corrected chi connectivity index (χ4v) is 6.01. The van der Waals surface area contributed by atoms with Crippen molar-refractivity contribution < 1.29 is 14.7 Å². The molecule has 5 heteroatoms. The van der Waals surface area contributed by atoms with Crippen LogP contribution < -0.4 is 5.32 Å². The van der Waals surface area contributed by atoms with Gasteiger partial charge in [0.25, 0.3) is 5.91 Å². The smallest absolute Gasteiger partial charge is 0.336 e. The van der Waals surface area contributed by atoms with Gasteiger partial charge in [0.05, 0.1) is 11.6 Å². The Labute approximate surface area is 260 Å². The molecule has 0 radical (unpaired) electrons. The first-order valence-corrected chi connectivity index (χ1v) is 15.4. The number of fused-ring (bicyclic) bond motifs is 1. The Bertz CT molecular complexity index is 1810. The Morgan fingerprint density at radius 3 is 2.20 bits per heavy atom. The summed E-state index contributed by atoms with van der Waals surface area (Å²) in [5.74, 6) is -0.132. The van der Waals surface area contributed by atoms with Crippen LogP contribution in [0.15, 0.2) is 91.0 Å². The van der Waals surface area contributed by atoms with Crippen LogP contribution in [0.3, 0.4) is 0 Å². The zero-order valence-electron chi connectivity index (χ0n) is 26.5. The van der Waals surface area contributed by atoms with E-state index in [-0.39, 0.29) is 11.9 Å². The van der Waals surface area contributed by atoms with Crippen LogP contribution in [0.1, 0.15) is 94.7 Å². The molecule has 5 aromatic rings. The molecule has 1 atom stereocenters. The van der Waals surface area contributed by atoms with Crippen LogP contribution in [0.4, 0.5) is 0 Å². The number of aromatic carboxylic acids is 1. The molecule has 5 nitrogen and oxygen atoms in total. The number of rotatable bonds is 10. The number of hydrogen-bond donors (Lipinski definition) is 2. The molecule has 0 aliphatic rings. The number of carboxylic acids is 1. The van der Waals surface area contributed by atoms with Crippen molar-refractivity contribution in [3.63, 3.8) is 0 Å². The third-order valence-corrected chi connectivity index (χ3v) is 8.66. The van der Waals surface area contributed by atoms with E-state index < -0.39 is 5.97 Å². The van der Waals surface area contributed by atoms with Crippen molar-refractivity contribution in [1.29, 1.82) is 0 Å². The Morgan fingerprint density at radius 1 is 0.818 bits per heavy atom. The van der Waals surface area contributed by atoms with E-state index in [1.54, 1.807) is 12.1 Å². The monoisotopic (exact) mass is 586 g/mol. The first-order valence-electron chi connectivity index (χ1n) is 15.4. The summed E-state index contributed by atoms with van der Waals surface area (Å²) in [6.45, 7) is 13.7. The van der Waals surface area contributed by atoms with Gasteiger partial charge in [0.15, 0.2) is 0 Å². The fourth-order valence-electron chi connectivity index (χ4n) is 6.01. The van der Waals surface area contributed by atoms with Crippen LogP contribution in [0.25, 0.3) is 22.0 Å². The number of nitrogens with zero attached hydrogens (tertiary/aromatic N) is 1. The van der Waals surface area contributed by atoms with Crippen molar-refractivity contribution in [3.05, 3.63) is 130 Å². The maximum atomic E-state index is 13.6. The summed E-state index contributed by atoms with van der Waals surface area (Å²) in [5, 5.41) is 14.0. The zero-order valence-corrected chi connectivity index (χ0v) is 26.5. The number of carbonyl (C=O) groups excluding carboxylic acids is 1. The van der Waals surface area contributed by atoms with Gasteiger partial charge in [-0.1, -0.05) is 94.4 Å². The highest BCUT2D eigenvalue weighted by Crippen LogP contribution is 2.30. The van der Waals surface area contributed by atoms with Gasteiger partial charge in [0, 0.05) is 28.7 Å². The van der Waals surface area contributed by atoms with E-state index in [4.69, 9.17) is 0 Å². The van der Waals surface area contributed by atoms with Crippen molar-refractivity contribution in [2.45, 2.75) is 66.5 Å². The van der Waals surface area contributed by atoms with Crippen LogP contribution >= 0.6 is 0 Å². The molecule has 2 N–H and O–H groups in total. The van der Waals surface area contributed by atoms with E-state index in [1.165, 1.54) is 5.56 Å². The summed E-state index contributed by atoms with van der Waals surface area (Å²) in [7, 11) is 0. The van der Waals surface area contributed by atoms with Crippen molar-refractivity contribution in [3.8, 4) is 11.1 Å². The zero-order chi connectivity index (χ0) is 31.5. The van der Waals surface area contributed by atoms with Gasteiger partial charge in [0.2, 0.25) is 0 Å². The summed E-state index contributed by atoms with van der Waals surface area (Å²) in [4.78, 5) is 25.3. The summed E-state index contributed by atoms with van der Waals surface area (Å²) < 4.78 is 2.28. The Morgan fingerprint density at radius 2 is 1.52 bits per heavy atom. The molecule has 0 aliphatic heterocycles. The van der Waals surface area contributed by atoms with E-state index in [2.05, 4.69) is 93.9 Å². The number of aryl methyl sites for hydroxylation is 1. The maximum absolute atomic E-state index is 13.6. The molecular weight excluding hydrogens is 544 g/mol. The summed E-state index contributed by atoms with van der Waals surface area (Å²) in [6, 6.07) is 29.7. The molecule has 226 valence electrons. The third kappa shape index (κ3) is 6.47. The highest BCUT2D eigenvalue weighted by molar-refractivity contribution is 5.99. The molecule has 0 unspecified atom stereocenters. The predicted molar refractivity (Wildman–Crippen MR) is 180 cm³/mol. The average Bonchev–Trinajstić information content (AvgIpc) is 3.25. The molecule has 5 rings (SSSR count). The average molecular weight is 587 g/mol. The predicted octanol–water partition coefficient (Wildman–Crippen LogP) is 9.31. The van der Waals surface area contributed by atoms with Crippen molar-refractivity contribution in [2.75, 3.05) is 0 Å². The first kappa shape index (κ1) is 30.8. The Hall–Kier alpha value is -4.64. The second-order valence-electron chi connectivity index (χ2n) is 12.6. The Kier molecular flexibility index (Phi) is 9.05. The van der Waals surface area contributed by atoms with E-state index in [0.29, 0.717) is 35.1 Å². The highest BCUT2D eigenvalue weighted by Gasteiger charge is 2.20. The van der Waals surface area contributed by atoms with E-state index in [9.17, 15) is 14.7 Å². The van der Waals surface area contributed by atoms with Gasteiger partial charge in [0.1, 0.15) is 0 Å². The van der Waals surface area contributed by atoms with Gasteiger partial charge < -0.3 is 15.0 Å². The van der Waals surface area contributed by atoms with Gasteiger partial charge in [-0.05, 0) is 89.8 Å². The number of amides is 1. The van der Waals surface area contributed by atoms with Gasteiger partial charge >= 0.3 is 5.97 Å². The third-order valence-electron chi connectivity index (χ3n) is 8.66. The number of hydrogen-bond acceptors (Lipinski definition) is 2. The van der Waals surface area contributed by atoms with E-state index >= 15 is 0 Å². The molecule has 0 aliphatic carbocycles. The minimum absolute atomic E-state index is 0.0604. The number of carbonyl (C=O) groups is 2. The van der Waals surface area contributed by atoms with Gasteiger partial charge in [-0.15, -0.1) is 0 Å². The number of carboxylic acid groups (broad SMARTS) is 1. The molecule has 0 saturated heterocycles. The first-order chi connectivity index (χ1) is 21.0. The standard InChI is InChI=1S/C39H42N2O3/c1-24(2)20-36(31-11-9-10-30(21-31)25(3)4)40-38(42)32-18-19-37-35(22-32)26(5)27(6)41(37)23-28-14-16-29(17-15-28)33-12-7-8-13-34(33)39(43)44/h7-19,21-22,24-25,36H,20,23H2,1-6H3,(H,40,42)(H,43,44)/t36-/m0/s1. The lowest BCUT2D eigenvalue weighted by molar-refractivity contribution is 0.0697.